The largest absolute Gasteiger partial charge is 0.370 e. The smallest absolute Gasteiger partial charge is 0.223 e. The molecule has 2 heterocycles. The molecule has 0 saturated heterocycles. The van der Waals surface area contributed by atoms with Gasteiger partial charge in [-0.3, -0.25) is 0 Å². The number of anilines is 3. The van der Waals surface area contributed by atoms with Crippen molar-refractivity contribution in [1.82, 2.24) is 9.97 Å². The van der Waals surface area contributed by atoms with Gasteiger partial charge in [-0.25, -0.2) is 0 Å². The van der Waals surface area contributed by atoms with Crippen molar-refractivity contribution in [3.8, 4) is 0 Å². The first-order valence-corrected chi connectivity index (χ1v) is 7.16. The first-order valence-electron chi connectivity index (χ1n) is 6.35. The van der Waals surface area contributed by atoms with E-state index in [1.54, 1.807) is 11.3 Å². The fourth-order valence-electron chi connectivity index (χ4n) is 1.66. The van der Waals surface area contributed by atoms with Crippen LogP contribution >= 0.6 is 11.3 Å². The zero-order chi connectivity index (χ0) is 13.7. The lowest BCUT2D eigenvalue weighted by Gasteiger charge is -2.08. The summed E-state index contributed by atoms with van der Waals surface area (Å²) in [4.78, 5) is 10.9. The van der Waals surface area contributed by atoms with Crippen LogP contribution in [0.3, 0.4) is 0 Å². The van der Waals surface area contributed by atoms with Crippen molar-refractivity contribution >= 4 is 28.9 Å². The minimum Gasteiger partial charge on any atom is -0.370 e. The minimum atomic E-state index is 0.283. The van der Waals surface area contributed by atoms with Gasteiger partial charge >= 0.3 is 0 Å². The number of rotatable bonds is 6. The predicted molar refractivity (Wildman–Crippen MR) is 81.6 cm³/mol. The van der Waals surface area contributed by atoms with E-state index in [2.05, 4.69) is 46.6 Å². The third kappa shape index (κ3) is 4.10. The third-order valence-electron chi connectivity index (χ3n) is 2.54. The Morgan fingerprint density at radius 2 is 1.95 bits per heavy atom. The van der Waals surface area contributed by atoms with Gasteiger partial charge in [-0.1, -0.05) is 6.92 Å². The Morgan fingerprint density at radius 3 is 2.58 bits per heavy atom. The molecule has 0 unspecified atom stereocenters. The van der Waals surface area contributed by atoms with Gasteiger partial charge in [0.1, 0.15) is 11.6 Å². The number of aryl methyl sites for hydroxylation is 1. The van der Waals surface area contributed by atoms with Crippen LogP contribution in [0, 0.1) is 6.92 Å². The van der Waals surface area contributed by atoms with Crippen LogP contribution in [0.15, 0.2) is 18.2 Å². The van der Waals surface area contributed by atoms with Crippen molar-refractivity contribution in [2.45, 2.75) is 26.8 Å². The fraction of sp³-hybridized carbons (Fsp3) is 0.385. The standard InChI is InChI=1S/C13H19N5S/c1-3-6-15-11-7-12(18-13(14)17-11)16-8-10-5-4-9(2)19-10/h4-5,7H,3,6,8H2,1-2H3,(H4,14,15,16,17,18). The normalized spacial score (nSPS) is 10.4. The Kier molecular flexibility index (Phi) is 4.57. The first kappa shape index (κ1) is 13.6. The van der Waals surface area contributed by atoms with Crippen LogP contribution in [0.5, 0.6) is 0 Å². The zero-order valence-electron chi connectivity index (χ0n) is 11.2. The van der Waals surface area contributed by atoms with Crippen LogP contribution in [0.1, 0.15) is 23.1 Å². The van der Waals surface area contributed by atoms with Crippen LogP contribution in [-0.2, 0) is 6.54 Å². The zero-order valence-corrected chi connectivity index (χ0v) is 12.0. The molecule has 2 rings (SSSR count). The van der Waals surface area contributed by atoms with Crippen LogP contribution < -0.4 is 16.4 Å². The molecule has 6 heteroatoms. The second-order valence-corrected chi connectivity index (χ2v) is 5.66. The van der Waals surface area contributed by atoms with E-state index in [0.29, 0.717) is 0 Å². The maximum absolute atomic E-state index is 5.70. The Labute approximate surface area is 117 Å². The molecule has 0 spiro atoms. The summed E-state index contributed by atoms with van der Waals surface area (Å²) in [5.74, 6) is 1.79. The van der Waals surface area contributed by atoms with Gasteiger partial charge in [0.2, 0.25) is 5.95 Å². The van der Waals surface area contributed by atoms with E-state index in [1.807, 2.05) is 6.07 Å². The number of nitrogens with zero attached hydrogens (tertiary/aromatic N) is 2. The lowest BCUT2D eigenvalue weighted by atomic mass is 10.4. The summed E-state index contributed by atoms with van der Waals surface area (Å²) < 4.78 is 0. The van der Waals surface area contributed by atoms with E-state index >= 15 is 0 Å². The Hall–Kier alpha value is -1.82. The van der Waals surface area contributed by atoms with Crippen molar-refractivity contribution in [3.63, 3.8) is 0 Å². The third-order valence-corrected chi connectivity index (χ3v) is 3.54. The van der Waals surface area contributed by atoms with Crippen LogP contribution in [0.4, 0.5) is 17.6 Å². The molecule has 0 aromatic carbocycles. The molecule has 0 amide bonds. The maximum Gasteiger partial charge on any atom is 0.223 e. The molecule has 19 heavy (non-hydrogen) atoms. The number of aromatic nitrogens is 2. The monoisotopic (exact) mass is 277 g/mol. The van der Waals surface area contributed by atoms with E-state index < -0.39 is 0 Å². The van der Waals surface area contributed by atoms with Crippen LogP contribution in [0.25, 0.3) is 0 Å². The van der Waals surface area contributed by atoms with Crippen molar-refractivity contribution in [3.05, 3.63) is 28.0 Å². The summed E-state index contributed by atoms with van der Waals surface area (Å²) in [6.07, 6.45) is 1.04. The molecule has 0 fully saturated rings. The van der Waals surface area contributed by atoms with Gasteiger partial charge in [0, 0.05) is 22.4 Å². The maximum atomic E-state index is 5.70. The highest BCUT2D eigenvalue weighted by atomic mass is 32.1. The molecule has 4 N–H and O–H groups in total. The molecular formula is C13H19N5S. The van der Waals surface area contributed by atoms with Crippen LogP contribution in [-0.4, -0.2) is 16.5 Å². The van der Waals surface area contributed by atoms with Gasteiger partial charge in [-0.2, -0.15) is 9.97 Å². The molecule has 0 aliphatic heterocycles. The summed E-state index contributed by atoms with van der Waals surface area (Å²) in [6.45, 7) is 5.83. The Balaban J connectivity index is 2.01. The lowest BCUT2D eigenvalue weighted by molar-refractivity contribution is 0.965. The quantitative estimate of drug-likeness (QED) is 0.757. The number of hydrogen-bond donors (Lipinski definition) is 3. The molecule has 0 saturated carbocycles. The summed E-state index contributed by atoms with van der Waals surface area (Å²) >= 11 is 1.78. The molecule has 0 bridgehead atoms. The molecule has 5 nitrogen and oxygen atoms in total. The van der Waals surface area contributed by atoms with E-state index in [9.17, 15) is 0 Å². The number of nitrogens with two attached hydrogens (primary N) is 1. The Bertz CT molecular complexity index is 538. The van der Waals surface area contributed by atoms with Gasteiger partial charge in [-0.15, -0.1) is 11.3 Å². The molecule has 2 aromatic rings. The second-order valence-electron chi connectivity index (χ2n) is 4.29. The summed E-state index contributed by atoms with van der Waals surface area (Å²) in [5, 5.41) is 6.48. The molecule has 0 aliphatic rings. The number of nitrogen functional groups attached to an aromatic ring is 1. The van der Waals surface area contributed by atoms with Gasteiger partial charge in [0.15, 0.2) is 0 Å². The van der Waals surface area contributed by atoms with Gasteiger partial charge < -0.3 is 16.4 Å². The highest BCUT2D eigenvalue weighted by Gasteiger charge is 2.03. The summed E-state index contributed by atoms with van der Waals surface area (Å²) in [7, 11) is 0. The average Bonchev–Trinajstić information content (AvgIpc) is 2.79. The van der Waals surface area contributed by atoms with Crippen molar-refractivity contribution in [1.29, 1.82) is 0 Å². The predicted octanol–water partition coefficient (Wildman–Crippen LogP) is 2.86. The van der Waals surface area contributed by atoms with Crippen LogP contribution in [0.2, 0.25) is 0 Å². The topological polar surface area (TPSA) is 75.9 Å². The van der Waals surface area contributed by atoms with E-state index in [0.717, 1.165) is 31.1 Å². The molecular weight excluding hydrogens is 258 g/mol. The van der Waals surface area contributed by atoms with E-state index in [1.165, 1.54) is 9.75 Å². The number of thiophene rings is 1. The average molecular weight is 277 g/mol. The first-order chi connectivity index (χ1) is 9.17. The van der Waals surface area contributed by atoms with E-state index in [-0.39, 0.29) is 5.95 Å². The molecule has 0 aliphatic carbocycles. The van der Waals surface area contributed by atoms with Crippen molar-refractivity contribution in [2.75, 3.05) is 22.9 Å². The lowest BCUT2D eigenvalue weighted by Crippen LogP contribution is -2.08. The molecule has 2 aromatic heterocycles. The SMILES string of the molecule is CCCNc1cc(NCc2ccc(C)s2)nc(N)n1. The Morgan fingerprint density at radius 1 is 1.21 bits per heavy atom. The number of hydrogen-bond acceptors (Lipinski definition) is 6. The summed E-state index contributed by atoms with van der Waals surface area (Å²) in [6, 6.07) is 6.12. The van der Waals surface area contributed by atoms with Gasteiger partial charge in [0.25, 0.3) is 0 Å². The summed E-state index contributed by atoms with van der Waals surface area (Å²) in [5.41, 5.74) is 5.70. The van der Waals surface area contributed by atoms with Gasteiger partial charge in [-0.05, 0) is 25.5 Å². The van der Waals surface area contributed by atoms with Crippen molar-refractivity contribution in [2.24, 2.45) is 0 Å². The second kappa shape index (κ2) is 6.38. The molecule has 0 radical (unpaired) electrons. The number of nitrogens with one attached hydrogen (secondary N) is 2. The fourth-order valence-corrected chi connectivity index (χ4v) is 2.49. The molecule has 102 valence electrons. The van der Waals surface area contributed by atoms with Crippen molar-refractivity contribution < 1.29 is 0 Å². The van der Waals surface area contributed by atoms with E-state index in [4.69, 9.17) is 5.73 Å². The van der Waals surface area contributed by atoms with Gasteiger partial charge in [0.05, 0.1) is 6.54 Å². The highest BCUT2D eigenvalue weighted by Crippen LogP contribution is 2.18. The molecule has 0 atom stereocenters. The minimum absolute atomic E-state index is 0.283. The highest BCUT2D eigenvalue weighted by molar-refractivity contribution is 7.11.